The van der Waals surface area contributed by atoms with Gasteiger partial charge in [-0.15, -0.1) is 0 Å². The Balaban J connectivity index is 1.71. The van der Waals surface area contributed by atoms with Gasteiger partial charge in [0.25, 0.3) is 5.91 Å². The number of benzene rings is 1. The van der Waals surface area contributed by atoms with E-state index in [1.807, 2.05) is 32.0 Å². The van der Waals surface area contributed by atoms with Crippen LogP contribution in [0.25, 0.3) is 0 Å². The quantitative estimate of drug-likeness (QED) is 0.490. The number of amides is 1. The first-order valence-corrected chi connectivity index (χ1v) is 10.2. The molecule has 0 spiro atoms. The molecule has 0 aliphatic heterocycles. The molecule has 0 aliphatic carbocycles. The number of nitrogens with zero attached hydrogens (tertiary/aromatic N) is 3. The summed E-state index contributed by atoms with van der Waals surface area (Å²) in [4.78, 5) is 25.7. The van der Waals surface area contributed by atoms with E-state index in [1.165, 1.54) is 11.8 Å². The van der Waals surface area contributed by atoms with Gasteiger partial charge in [-0.2, -0.15) is 0 Å². The van der Waals surface area contributed by atoms with Crippen LogP contribution in [0, 0.1) is 13.8 Å². The Labute approximate surface area is 174 Å². The number of aromatic nitrogens is 3. The Hall–Kier alpha value is -2.97. The van der Waals surface area contributed by atoms with E-state index in [1.54, 1.807) is 24.5 Å². The minimum absolute atomic E-state index is 0.00913. The molecule has 0 aliphatic rings. The molecule has 0 saturated heterocycles. The molecule has 1 aromatic carbocycles. The summed E-state index contributed by atoms with van der Waals surface area (Å²) >= 11 is 1.44. The first kappa shape index (κ1) is 20.8. The van der Waals surface area contributed by atoms with Crippen molar-refractivity contribution >= 4 is 29.3 Å². The van der Waals surface area contributed by atoms with Crippen molar-refractivity contribution in [1.29, 1.82) is 0 Å². The highest BCUT2D eigenvalue weighted by molar-refractivity contribution is 7.98. The van der Waals surface area contributed by atoms with Crippen molar-refractivity contribution in [2.45, 2.75) is 24.6 Å². The lowest BCUT2D eigenvalue weighted by Crippen LogP contribution is -2.14. The molecule has 8 heteroatoms. The van der Waals surface area contributed by atoms with Gasteiger partial charge in [-0.05, 0) is 55.3 Å². The van der Waals surface area contributed by atoms with E-state index in [0.717, 1.165) is 22.5 Å². The Morgan fingerprint density at radius 3 is 2.66 bits per heavy atom. The second kappa shape index (κ2) is 9.99. The molecule has 3 aromatic rings. The molecule has 0 atom stereocenters. The van der Waals surface area contributed by atoms with Gasteiger partial charge >= 0.3 is 0 Å². The van der Waals surface area contributed by atoms with E-state index in [4.69, 9.17) is 5.11 Å². The van der Waals surface area contributed by atoms with Crippen LogP contribution in [0.15, 0.2) is 53.8 Å². The van der Waals surface area contributed by atoms with E-state index in [-0.39, 0.29) is 12.5 Å². The maximum atomic E-state index is 12.8. The molecule has 2 aromatic heterocycles. The van der Waals surface area contributed by atoms with Gasteiger partial charge in [0, 0.05) is 30.4 Å². The minimum Gasteiger partial charge on any atom is -0.395 e. The van der Waals surface area contributed by atoms with Crippen LogP contribution < -0.4 is 10.6 Å². The Bertz CT molecular complexity index is 976. The molecule has 3 rings (SSSR count). The van der Waals surface area contributed by atoms with Crippen molar-refractivity contribution in [1.82, 2.24) is 15.0 Å². The molecule has 2 heterocycles. The average molecular weight is 410 g/mol. The molecule has 0 radical (unpaired) electrons. The van der Waals surface area contributed by atoms with Gasteiger partial charge in [0.05, 0.1) is 17.9 Å². The monoisotopic (exact) mass is 409 g/mol. The predicted molar refractivity (Wildman–Crippen MR) is 115 cm³/mol. The standard InChI is InChI=1S/C21H23N5O2S/c1-14-10-15(2)12-17(11-14)25-19(28)18-4-3-6-22-20(18)29-13-16-5-7-23-21(26-16)24-8-9-27/h3-7,10-12,27H,8-9,13H2,1-2H3,(H,25,28)(H,23,24,26). The largest absolute Gasteiger partial charge is 0.395 e. The highest BCUT2D eigenvalue weighted by Crippen LogP contribution is 2.25. The third-order valence-corrected chi connectivity index (χ3v) is 5.00. The molecule has 3 N–H and O–H groups in total. The summed E-state index contributed by atoms with van der Waals surface area (Å²) in [5.74, 6) is 0.807. The molecule has 0 unspecified atom stereocenters. The number of anilines is 2. The number of carbonyl (C=O) groups is 1. The van der Waals surface area contributed by atoms with Gasteiger partial charge in [0.2, 0.25) is 5.95 Å². The van der Waals surface area contributed by atoms with Crippen LogP contribution in [0.1, 0.15) is 27.2 Å². The number of aliphatic hydroxyl groups is 1. The minimum atomic E-state index is -0.196. The van der Waals surface area contributed by atoms with E-state index in [2.05, 4.69) is 31.7 Å². The van der Waals surface area contributed by atoms with Crippen LogP contribution in [0.2, 0.25) is 0 Å². The molecule has 1 amide bonds. The number of hydrogen-bond donors (Lipinski definition) is 3. The van der Waals surface area contributed by atoms with Crippen molar-refractivity contribution in [3.8, 4) is 0 Å². The van der Waals surface area contributed by atoms with Crippen molar-refractivity contribution in [2.24, 2.45) is 0 Å². The van der Waals surface area contributed by atoms with Crippen molar-refractivity contribution in [3.63, 3.8) is 0 Å². The molecular formula is C21H23N5O2S. The van der Waals surface area contributed by atoms with Crippen molar-refractivity contribution in [2.75, 3.05) is 23.8 Å². The summed E-state index contributed by atoms with van der Waals surface area (Å²) < 4.78 is 0. The van der Waals surface area contributed by atoms with E-state index in [9.17, 15) is 4.79 Å². The number of nitrogens with one attached hydrogen (secondary N) is 2. The number of carbonyl (C=O) groups excluding carboxylic acids is 1. The zero-order chi connectivity index (χ0) is 20.6. The normalized spacial score (nSPS) is 10.6. The van der Waals surface area contributed by atoms with Gasteiger partial charge in [-0.1, -0.05) is 17.8 Å². The van der Waals surface area contributed by atoms with Crippen LogP contribution in [0.5, 0.6) is 0 Å². The zero-order valence-corrected chi connectivity index (χ0v) is 17.2. The molecule has 7 nitrogen and oxygen atoms in total. The number of aliphatic hydroxyl groups excluding tert-OH is 1. The Morgan fingerprint density at radius 1 is 1.10 bits per heavy atom. The summed E-state index contributed by atoms with van der Waals surface area (Å²) in [6, 6.07) is 11.3. The second-order valence-electron chi connectivity index (χ2n) is 6.50. The lowest BCUT2D eigenvalue weighted by Gasteiger charge is -2.10. The van der Waals surface area contributed by atoms with Crippen LogP contribution in [-0.4, -0.2) is 39.1 Å². The molecule has 29 heavy (non-hydrogen) atoms. The predicted octanol–water partition coefficient (Wildman–Crippen LogP) is 3.44. The van der Waals surface area contributed by atoms with E-state index >= 15 is 0 Å². The summed E-state index contributed by atoms with van der Waals surface area (Å²) in [5.41, 5.74) is 4.27. The fourth-order valence-electron chi connectivity index (χ4n) is 2.80. The molecule has 0 bridgehead atoms. The summed E-state index contributed by atoms with van der Waals surface area (Å²) in [7, 11) is 0. The first-order chi connectivity index (χ1) is 14.0. The van der Waals surface area contributed by atoms with Gasteiger partial charge in [0.15, 0.2) is 0 Å². The smallest absolute Gasteiger partial charge is 0.258 e. The van der Waals surface area contributed by atoms with E-state index < -0.39 is 0 Å². The van der Waals surface area contributed by atoms with Gasteiger partial charge in [-0.3, -0.25) is 4.79 Å². The molecule has 0 fully saturated rings. The zero-order valence-electron chi connectivity index (χ0n) is 16.3. The summed E-state index contributed by atoms with van der Waals surface area (Å²) in [5, 5.41) is 15.4. The second-order valence-corrected chi connectivity index (χ2v) is 7.46. The number of rotatable bonds is 8. The van der Waals surface area contributed by atoms with Crippen LogP contribution in [-0.2, 0) is 5.75 Å². The highest BCUT2D eigenvalue weighted by Gasteiger charge is 2.14. The maximum Gasteiger partial charge on any atom is 0.258 e. The van der Waals surface area contributed by atoms with Gasteiger partial charge < -0.3 is 15.7 Å². The third-order valence-electron chi connectivity index (χ3n) is 3.96. The number of hydrogen-bond acceptors (Lipinski definition) is 7. The number of pyridine rings is 1. The SMILES string of the molecule is Cc1cc(C)cc(NC(=O)c2cccnc2SCc2ccnc(NCCO)n2)c1. The maximum absolute atomic E-state index is 12.8. The topological polar surface area (TPSA) is 100 Å². The fraction of sp³-hybridized carbons (Fsp3) is 0.238. The first-order valence-electron chi connectivity index (χ1n) is 9.19. The van der Waals surface area contributed by atoms with Crippen LogP contribution in [0.3, 0.4) is 0 Å². The lowest BCUT2D eigenvalue weighted by molar-refractivity contribution is 0.102. The number of thioether (sulfide) groups is 1. The van der Waals surface area contributed by atoms with Crippen molar-refractivity contribution < 1.29 is 9.90 Å². The molecular weight excluding hydrogens is 386 g/mol. The van der Waals surface area contributed by atoms with Gasteiger partial charge in [0.1, 0.15) is 5.03 Å². The Kier molecular flexibility index (Phi) is 7.15. The fourth-order valence-corrected chi connectivity index (χ4v) is 3.69. The number of aryl methyl sites for hydroxylation is 2. The highest BCUT2D eigenvalue weighted by atomic mass is 32.2. The lowest BCUT2D eigenvalue weighted by atomic mass is 10.1. The summed E-state index contributed by atoms with van der Waals surface area (Å²) in [6.07, 6.45) is 3.33. The third kappa shape index (κ3) is 6.00. The average Bonchev–Trinajstić information content (AvgIpc) is 2.70. The van der Waals surface area contributed by atoms with Crippen molar-refractivity contribution in [3.05, 3.63) is 71.2 Å². The molecule has 150 valence electrons. The van der Waals surface area contributed by atoms with Gasteiger partial charge in [-0.25, -0.2) is 15.0 Å². The molecule has 0 saturated carbocycles. The Morgan fingerprint density at radius 2 is 1.90 bits per heavy atom. The summed E-state index contributed by atoms with van der Waals surface area (Å²) in [6.45, 7) is 4.40. The van der Waals surface area contributed by atoms with E-state index in [0.29, 0.717) is 28.8 Å². The van der Waals surface area contributed by atoms with Crippen LogP contribution in [0.4, 0.5) is 11.6 Å². The van der Waals surface area contributed by atoms with Crippen LogP contribution >= 0.6 is 11.8 Å².